The Kier molecular flexibility index (Phi) is 5.53. The molecule has 1 aliphatic carbocycles. The van der Waals surface area contributed by atoms with Crippen molar-refractivity contribution >= 4 is 18.5 Å². The zero-order chi connectivity index (χ0) is 14.5. The molecule has 110 valence electrons. The number of benzene rings is 1. The molecule has 2 unspecified atom stereocenters. The highest BCUT2D eigenvalue weighted by Gasteiger charge is 2.18. The van der Waals surface area contributed by atoms with E-state index in [2.05, 4.69) is 24.9 Å². The molecule has 2 rings (SSSR count). The second-order valence-electron chi connectivity index (χ2n) is 6.18. The third-order valence-electron chi connectivity index (χ3n) is 4.35. The van der Waals surface area contributed by atoms with Gasteiger partial charge in [0.15, 0.2) is 0 Å². The van der Waals surface area contributed by atoms with Crippen molar-refractivity contribution < 1.29 is 4.79 Å². The van der Waals surface area contributed by atoms with E-state index in [1.165, 1.54) is 25.7 Å². The largest absolute Gasteiger partial charge is 0.352 e. The van der Waals surface area contributed by atoms with Gasteiger partial charge >= 0.3 is 0 Å². The number of carbonyl (C=O) groups excluding carboxylic acids is 1. The van der Waals surface area contributed by atoms with Crippen LogP contribution in [0.2, 0.25) is 0 Å². The van der Waals surface area contributed by atoms with Crippen LogP contribution in [0.4, 0.5) is 0 Å². The second-order valence-corrected chi connectivity index (χ2v) is 6.70. The van der Waals surface area contributed by atoms with Crippen molar-refractivity contribution in [3.8, 4) is 0 Å². The first-order valence-electron chi connectivity index (χ1n) is 7.64. The van der Waals surface area contributed by atoms with Gasteiger partial charge in [0.25, 0.3) is 5.91 Å². The van der Waals surface area contributed by atoms with E-state index >= 15 is 0 Å². The van der Waals surface area contributed by atoms with Crippen molar-refractivity contribution in [3.63, 3.8) is 0 Å². The minimum absolute atomic E-state index is 0.0299. The van der Waals surface area contributed by atoms with Gasteiger partial charge in [-0.05, 0) is 49.3 Å². The molecule has 0 spiro atoms. The molecule has 2 nitrogen and oxygen atoms in total. The Morgan fingerprint density at radius 3 is 2.95 bits per heavy atom. The minimum atomic E-state index is 0.0299. The molecule has 1 N–H and O–H groups in total. The first-order chi connectivity index (χ1) is 9.56. The average Bonchev–Trinajstić information content (AvgIpc) is 2.41. The summed E-state index contributed by atoms with van der Waals surface area (Å²) in [6.07, 6.45) is 6.47. The first kappa shape index (κ1) is 15.4. The van der Waals surface area contributed by atoms with Crippen LogP contribution in [0.1, 0.15) is 54.9 Å². The lowest BCUT2D eigenvalue weighted by atomic mass is 9.81. The molecule has 0 aromatic heterocycles. The summed E-state index contributed by atoms with van der Waals surface area (Å²) in [4.78, 5) is 13.0. The summed E-state index contributed by atoms with van der Waals surface area (Å²) >= 11 is 4.30. The topological polar surface area (TPSA) is 29.1 Å². The molecule has 1 aliphatic rings. The van der Waals surface area contributed by atoms with Crippen LogP contribution in [-0.2, 0) is 0 Å². The van der Waals surface area contributed by atoms with Gasteiger partial charge in [-0.2, -0.15) is 0 Å². The molecular formula is C17H25NOS. The molecule has 0 saturated heterocycles. The fraction of sp³-hybridized carbons (Fsp3) is 0.588. The highest BCUT2D eigenvalue weighted by Crippen LogP contribution is 2.30. The van der Waals surface area contributed by atoms with Crippen molar-refractivity contribution in [2.24, 2.45) is 11.8 Å². The Hall–Kier alpha value is -0.960. The summed E-state index contributed by atoms with van der Waals surface area (Å²) < 4.78 is 0. The minimum Gasteiger partial charge on any atom is -0.352 e. The molecule has 20 heavy (non-hydrogen) atoms. The standard InChI is InChI=1S/C17H25NOS/c1-12-4-3-5-14(10-12)8-9-18-17(19)16-11-15(20)7-6-13(16)2/h6-7,11-12,14,20H,3-5,8-10H2,1-2H3,(H,18,19). The quantitative estimate of drug-likeness (QED) is 0.799. The van der Waals surface area contributed by atoms with E-state index in [1.54, 1.807) is 0 Å². The monoisotopic (exact) mass is 291 g/mol. The van der Waals surface area contributed by atoms with Crippen molar-refractivity contribution in [2.45, 2.75) is 50.8 Å². The van der Waals surface area contributed by atoms with Gasteiger partial charge in [0.2, 0.25) is 0 Å². The number of hydrogen-bond donors (Lipinski definition) is 2. The zero-order valence-electron chi connectivity index (χ0n) is 12.5. The summed E-state index contributed by atoms with van der Waals surface area (Å²) in [5, 5.41) is 3.06. The van der Waals surface area contributed by atoms with E-state index < -0.39 is 0 Å². The Bertz CT molecular complexity index is 472. The van der Waals surface area contributed by atoms with E-state index in [0.717, 1.165) is 40.8 Å². The molecule has 1 amide bonds. The van der Waals surface area contributed by atoms with Crippen LogP contribution >= 0.6 is 12.6 Å². The third kappa shape index (κ3) is 4.27. The lowest BCUT2D eigenvalue weighted by Gasteiger charge is -2.26. The van der Waals surface area contributed by atoms with Gasteiger partial charge in [0.05, 0.1) is 0 Å². The van der Waals surface area contributed by atoms with E-state index in [9.17, 15) is 4.79 Å². The molecule has 1 saturated carbocycles. The summed E-state index contributed by atoms with van der Waals surface area (Å²) in [7, 11) is 0. The smallest absolute Gasteiger partial charge is 0.251 e. The van der Waals surface area contributed by atoms with Crippen LogP contribution < -0.4 is 5.32 Å². The maximum Gasteiger partial charge on any atom is 0.251 e. The predicted octanol–water partition coefficient (Wildman–Crippen LogP) is 4.23. The molecule has 2 atom stereocenters. The van der Waals surface area contributed by atoms with Crippen LogP contribution in [0, 0.1) is 18.8 Å². The number of thiol groups is 1. The third-order valence-corrected chi connectivity index (χ3v) is 4.63. The van der Waals surface area contributed by atoms with Gasteiger partial charge in [-0.25, -0.2) is 0 Å². The molecule has 0 heterocycles. The number of amides is 1. The Labute approximate surface area is 127 Å². The van der Waals surface area contributed by atoms with Crippen LogP contribution in [0.25, 0.3) is 0 Å². The van der Waals surface area contributed by atoms with Gasteiger partial charge in [0.1, 0.15) is 0 Å². The fourth-order valence-corrected chi connectivity index (χ4v) is 3.37. The normalized spacial score (nSPS) is 22.6. The van der Waals surface area contributed by atoms with E-state index in [0.29, 0.717) is 0 Å². The van der Waals surface area contributed by atoms with Gasteiger partial charge in [-0.3, -0.25) is 4.79 Å². The van der Waals surface area contributed by atoms with E-state index in [4.69, 9.17) is 0 Å². The summed E-state index contributed by atoms with van der Waals surface area (Å²) in [6, 6.07) is 5.70. The maximum absolute atomic E-state index is 12.2. The Balaban J connectivity index is 1.81. The molecule has 0 bridgehead atoms. The molecule has 3 heteroatoms. The van der Waals surface area contributed by atoms with Crippen LogP contribution in [0.3, 0.4) is 0 Å². The molecule has 1 fully saturated rings. The van der Waals surface area contributed by atoms with E-state index in [-0.39, 0.29) is 5.91 Å². The van der Waals surface area contributed by atoms with Crippen molar-refractivity contribution in [2.75, 3.05) is 6.54 Å². The van der Waals surface area contributed by atoms with Gasteiger partial charge in [-0.1, -0.05) is 32.3 Å². The van der Waals surface area contributed by atoms with Crippen LogP contribution in [0.15, 0.2) is 23.1 Å². The predicted molar refractivity (Wildman–Crippen MR) is 86.5 cm³/mol. The van der Waals surface area contributed by atoms with Gasteiger partial charge in [-0.15, -0.1) is 12.6 Å². The molecular weight excluding hydrogens is 266 g/mol. The van der Waals surface area contributed by atoms with Crippen molar-refractivity contribution in [3.05, 3.63) is 29.3 Å². The van der Waals surface area contributed by atoms with Crippen molar-refractivity contribution in [1.82, 2.24) is 5.32 Å². The first-order valence-corrected chi connectivity index (χ1v) is 8.09. The van der Waals surface area contributed by atoms with Gasteiger partial charge < -0.3 is 5.32 Å². The maximum atomic E-state index is 12.2. The SMILES string of the molecule is Cc1ccc(S)cc1C(=O)NCCC1CCCC(C)C1. The zero-order valence-corrected chi connectivity index (χ0v) is 13.4. The lowest BCUT2D eigenvalue weighted by Crippen LogP contribution is -2.27. The average molecular weight is 291 g/mol. The molecule has 1 aromatic carbocycles. The molecule has 1 aromatic rings. The Morgan fingerprint density at radius 1 is 1.40 bits per heavy atom. The number of carbonyl (C=O) groups is 1. The number of nitrogens with one attached hydrogen (secondary N) is 1. The second kappa shape index (κ2) is 7.16. The number of rotatable bonds is 4. The number of hydrogen-bond acceptors (Lipinski definition) is 2. The van der Waals surface area contributed by atoms with Crippen LogP contribution in [-0.4, -0.2) is 12.5 Å². The molecule has 0 radical (unpaired) electrons. The molecule has 0 aliphatic heterocycles. The van der Waals surface area contributed by atoms with Crippen molar-refractivity contribution in [1.29, 1.82) is 0 Å². The van der Waals surface area contributed by atoms with E-state index in [1.807, 2.05) is 25.1 Å². The fourth-order valence-electron chi connectivity index (χ4n) is 3.16. The summed E-state index contributed by atoms with van der Waals surface area (Å²) in [5.41, 5.74) is 1.75. The Morgan fingerprint density at radius 2 is 2.20 bits per heavy atom. The highest BCUT2D eigenvalue weighted by atomic mass is 32.1. The van der Waals surface area contributed by atoms with Gasteiger partial charge in [0, 0.05) is 17.0 Å². The highest BCUT2D eigenvalue weighted by molar-refractivity contribution is 7.80. The summed E-state index contributed by atoms with van der Waals surface area (Å²) in [6.45, 7) is 5.09. The number of aryl methyl sites for hydroxylation is 1. The lowest BCUT2D eigenvalue weighted by molar-refractivity contribution is 0.0949. The summed E-state index contributed by atoms with van der Waals surface area (Å²) in [5.74, 6) is 1.67. The van der Waals surface area contributed by atoms with Crippen LogP contribution in [0.5, 0.6) is 0 Å².